The Morgan fingerprint density at radius 1 is 1.16 bits per heavy atom. The standard InChI is InChI=1S/C18H16O/c1-2-18(19)17-12-15-10-6-5-9-14(15)11-16(17)13-7-3-4-8-13/h3-7,9-12H,2,8H2,1H3. The highest BCUT2D eigenvalue weighted by Crippen LogP contribution is 2.30. The summed E-state index contributed by atoms with van der Waals surface area (Å²) in [6.45, 7) is 1.92. The summed E-state index contributed by atoms with van der Waals surface area (Å²) in [5.41, 5.74) is 3.19. The van der Waals surface area contributed by atoms with E-state index in [-0.39, 0.29) is 5.78 Å². The Bertz CT molecular complexity index is 705. The molecule has 0 atom stereocenters. The SMILES string of the molecule is CCC(=O)c1cc2ccccc2cc1C1=CC=CC1. The fourth-order valence-corrected chi connectivity index (χ4v) is 2.57. The van der Waals surface area contributed by atoms with Gasteiger partial charge in [-0.1, -0.05) is 49.4 Å². The number of Topliss-reactive ketones (excluding diaryl/α,β-unsaturated/α-hetero) is 1. The summed E-state index contributed by atoms with van der Waals surface area (Å²) < 4.78 is 0. The molecule has 0 aliphatic heterocycles. The van der Waals surface area contributed by atoms with Crippen LogP contribution >= 0.6 is 0 Å². The third kappa shape index (κ3) is 2.12. The first kappa shape index (κ1) is 11.9. The number of carbonyl (C=O) groups excluding carboxylic acids is 1. The fraction of sp³-hybridized carbons (Fsp3) is 0.167. The summed E-state index contributed by atoms with van der Waals surface area (Å²) in [5.74, 6) is 0.216. The molecular formula is C18H16O. The van der Waals surface area contributed by atoms with Crippen LogP contribution < -0.4 is 0 Å². The van der Waals surface area contributed by atoms with Gasteiger partial charge in [0.15, 0.2) is 5.78 Å². The van der Waals surface area contributed by atoms with Crippen molar-refractivity contribution < 1.29 is 4.79 Å². The minimum absolute atomic E-state index is 0.216. The second-order valence-corrected chi connectivity index (χ2v) is 4.85. The van der Waals surface area contributed by atoms with Crippen molar-refractivity contribution in [3.63, 3.8) is 0 Å². The van der Waals surface area contributed by atoms with Crippen molar-refractivity contribution in [2.75, 3.05) is 0 Å². The lowest BCUT2D eigenvalue weighted by Gasteiger charge is -2.11. The highest BCUT2D eigenvalue weighted by Gasteiger charge is 2.14. The highest BCUT2D eigenvalue weighted by molar-refractivity contribution is 6.05. The topological polar surface area (TPSA) is 17.1 Å². The van der Waals surface area contributed by atoms with Gasteiger partial charge in [-0.2, -0.15) is 0 Å². The predicted octanol–water partition coefficient (Wildman–Crippen LogP) is 4.78. The minimum atomic E-state index is 0.216. The van der Waals surface area contributed by atoms with Crippen LogP contribution in [0.2, 0.25) is 0 Å². The van der Waals surface area contributed by atoms with Crippen molar-refractivity contribution >= 4 is 22.1 Å². The molecule has 0 saturated carbocycles. The third-order valence-corrected chi connectivity index (χ3v) is 3.62. The van der Waals surface area contributed by atoms with Crippen molar-refractivity contribution in [3.8, 4) is 0 Å². The monoisotopic (exact) mass is 248 g/mol. The summed E-state index contributed by atoms with van der Waals surface area (Å²) in [4.78, 5) is 12.2. The van der Waals surface area contributed by atoms with Crippen LogP contribution in [0.4, 0.5) is 0 Å². The molecule has 2 aromatic carbocycles. The molecule has 0 radical (unpaired) electrons. The Kier molecular flexibility index (Phi) is 3.04. The molecule has 19 heavy (non-hydrogen) atoms. The Morgan fingerprint density at radius 2 is 1.89 bits per heavy atom. The number of hydrogen-bond acceptors (Lipinski definition) is 1. The van der Waals surface area contributed by atoms with E-state index >= 15 is 0 Å². The zero-order chi connectivity index (χ0) is 13.2. The number of hydrogen-bond donors (Lipinski definition) is 0. The van der Waals surface area contributed by atoms with Gasteiger partial charge in [0.2, 0.25) is 0 Å². The molecule has 0 aromatic heterocycles. The maximum absolute atomic E-state index is 12.2. The lowest BCUT2D eigenvalue weighted by molar-refractivity contribution is 0.0988. The molecule has 0 bridgehead atoms. The van der Waals surface area contributed by atoms with E-state index in [4.69, 9.17) is 0 Å². The number of benzene rings is 2. The van der Waals surface area contributed by atoms with Crippen molar-refractivity contribution in [3.05, 3.63) is 65.8 Å². The van der Waals surface area contributed by atoms with Gasteiger partial charge in [-0.15, -0.1) is 0 Å². The molecule has 0 spiro atoms. The quantitative estimate of drug-likeness (QED) is 0.715. The molecule has 0 N–H and O–H groups in total. The number of carbonyl (C=O) groups is 1. The van der Waals surface area contributed by atoms with Crippen LogP contribution in [0.3, 0.4) is 0 Å². The molecule has 1 aliphatic rings. The van der Waals surface area contributed by atoms with Crippen molar-refractivity contribution in [1.82, 2.24) is 0 Å². The molecule has 0 heterocycles. The van der Waals surface area contributed by atoms with E-state index in [0.29, 0.717) is 6.42 Å². The third-order valence-electron chi connectivity index (χ3n) is 3.62. The van der Waals surface area contributed by atoms with E-state index < -0.39 is 0 Å². The van der Waals surface area contributed by atoms with E-state index in [1.165, 1.54) is 11.0 Å². The summed E-state index contributed by atoms with van der Waals surface area (Å²) in [7, 11) is 0. The smallest absolute Gasteiger partial charge is 0.163 e. The van der Waals surface area contributed by atoms with E-state index in [9.17, 15) is 4.79 Å². The van der Waals surface area contributed by atoms with Crippen LogP contribution in [0.15, 0.2) is 54.6 Å². The average Bonchev–Trinajstić information content (AvgIpc) is 2.99. The zero-order valence-corrected chi connectivity index (χ0v) is 11.0. The van der Waals surface area contributed by atoms with Crippen LogP contribution in [0.25, 0.3) is 16.3 Å². The summed E-state index contributed by atoms with van der Waals surface area (Å²) in [5, 5.41) is 2.33. The first-order chi connectivity index (χ1) is 9.29. The van der Waals surface area contributed by atoms with E-state index in [0.717, 1.165) is 22.9 Å². The lowest BCUT2D eigenvalue weighted by Crippen LogP contribution is -2.02. The van der Waals surface area contributed by atoms with E-state index in [1.807, 2.05) is 25.1 Å². The molecular weight excluding hydrogens is 232 g/mol. The Morgan fingerprint density at radius 3 is 2.53 bits per heavy atom. The number of fused-ring (bicyclic) bond motifs is 1. The van der Waals surface area contributed by atoms with E-state index in [1.54, 1.807) is 0 Å². The Hall–Kier alpha value is -2.15. The average molecular weight is 248 g/mol. The van der Waals surface area contributed by atoms with Gasteiger partial charge in [0, 0.05) is 12.0 Å². The van der Waals surface area contributed by atoms with Crippen LogP contribution in [-0.4, -0.2) is 5.78 Å². The predicted molar refractivity (Wildman–Crippen MR) is 80.3 cm³/mol. The molecule has 0 amide bonds. The number of allylic oxidation sites excluding steroid dienone is 4. The molecule has 0 unspecified atom stereocenters. The lowest BCUT2D eigenvalue weighted by atomic mass is 9.92. The van der Waals surface area contributed by atoms with Crippen LogP contribution in [0.1, 0.15) is 35.7 Å². The number of rotatable bonds is 3. The molecule has 1 nitrogen and oxygen atoms in total. The Balaban J connectivity index is 2.24. The maximum Gasteiger partial charge on any atom is 0.163 e. The molecule has 94 valence electrons. The summed E-state index contributed by atoms with van der Waals surface area (Å²) in [6, 6.07) is 12.4. The Labute approximate surface area is 113 Å². The molecule has 0 fully saturated rings. The minimum Gasteiger partial charge on any atom is -0.294 e. The first-order valence-corrected chi connectivity index (χ1v) is 6.71. The maximum atomic E-state index is 12.2. The molecule has 1 aliphatic carbocycles. The number of ketones is 1. The van der Waals surface area contributed by atoms with Crippen molar-refractivity contribution in [2.24, 2.45) is 0 Å². The second kappa shape index (κ2) is 4.85. The molecule has 2 aromatic rings. The summed E-state index contributed by atoms with van der Waals surface area (Å²) in [6.07, 6.45) is 7.76. The highest BCUT2D eigenvalue weighted by atomic mass is 16.1. The van der Waals surface area contributed by atoms with Gasteiger partial charge in [0.05, 0.1) is 0 Å². The van der Waals surface area contributed by atoms with Gasteiger partial charge in [-0.25, -0.2) is 0 Å². The molecule has 1 heteroatoms. The van der Waals surface area contributed by atoms with Crippen molar-refractivity contribution in [2.45, 2.75) is 19.8 Å². The van der Waals surface area contributed by atoms with Gasteiger partial charge in [-0.05, 0) is 40.5 Å². The van der Waals surface area contributed by atoms with Gasteiger partial charge in [-0.3, -0.25) is 4.79 Å². The largest absolute Gasteiger partial charge is 0.294 e. The fourth-order valence-electron chi connectivity index (χ4n) is 2.57. The normalized spacial score (nSPS) is 13.8. The molecule has 3 rings (SSSR count). The van der Waals surface area contributed by atoms with Crippen molar-refractivity contribution in [1.29, 1.82) is 0 Å². The first-order valence-electron chi connectivity index (χ1n) is 6.71. The molecule has 0 saturated heterocycles. The summed E-state index contributed by atoms with van der Waals surface area (Å²) >= 11 is 0. The van der Waals surface area contributed by atoms with Gasteiger partial charge < -0.3 is 0 Å². The van der Waals surface area contributed by atoms with Crippen LogP contribution in [-0.2, 0) is 0 Å². The van der Waals surface area contributed by atoms with E-state index in [2.05, 4.69) is 36.4 Å². The second-order valence-electron chi connectivity index (χ2n) is 4.85. The van der Waals surface area contributed by atoms with Gasteiger partial charge in [0.25, 0.3) is 0 Å². The van der Waals surface area contributed by atoms with Gasteiger partial charge >= 0.3 is 0 Å². The van der Waals surface area contributed by atoms with Gasteiger partial charge in [0.1, 0.15) is 0 Å². The van der Waals surface area contributed by atoms with Crippen LogP contribution in [0, 0.1) is 0 Å². The van der Waals surface area contributed by atoms with Crippen LogP contribution in [0.5, 0.6) is 0 Å². The zero-order valence-electron chi connectivity index (χ0n) is 11.0.